The van der Waals surface area contributed by atoms with E-state index in [0.717, 1.165) is 10.7 Å². The van der Waals surface area contributed by atoms with E-state index in [9.17, 15) is 0 Å². The van der Waals surface area contributed by atoms with Crippen molar-refractivity contribution in [3.8, 4) is 10.6 Å². The van der Waals surface area contributed by atoms with E-state index in [2.05, 4.69) is 23.4 Å². The topological polar surface area (TPSA) is 12.9 Å². The van der Waals surface area contributed by atoms with E-state index < -0.39 is 0 Å². The minimum absolute atomic E-state index is 0.500. The molecule has 2 rings (SSSR count). The van der Waals surface area contributed by atoms with Crippen LogP contribution in [-0.4, -0.2) is 4.98 Å². The second-order valence-electron chi connectivity index (χ2n) is 2.67. The van der Waals surface area contributed by atoms with Crippen LogP contribution in [0.25, 0.3) is 10.6 Å². The molecule has 0 atom stereocenters. The summed E-state index contributed by atoms with van der Waals surface area (Å²) in [5, 5.41) is 5.18. The van der Waals surface area contributed by atoms with Crippen LogP contribution >= 0.6 is 34.3 Å². The van der Waals surface area contributed by atoms with Crippen molar-refractivity contribution in [3.05, 3.63) is 27.4 Å². The van der Waals surface area contributed by atoms with Crippen LogP contribution in [0.15, 0.2) is 16.8 Å². The van der Waals surface area contributed by atoms with Crippen molar-refractivity contribution in [1.82, 2.24) is 4.98 Å². The van der Waals surface area contributed by atoms with Crippen molar-refractivity contribution in [2.75, 3.05) is 0 Å². The normalized spacial score (nSPS) is 10.6. The summed E-state index contributed by atoms with van der Waals surface area (Å²) in [6.45, 7) is 2.11. The summed E-state index contributed by atoms with van der Waals surface area (Å²) >= 11 is 9.10. The van der Waals surface area contributed by atoms with Gasteiger partial charge in [0.25, 0.3) is 0 Å². The highest BCUT2D eigenvalue weighted by Gasteiger charge is 2.07. The molecule has 2 heterocycles. The van der Waals surface area contributed by atoms with Crippen LogP contribution in [0.3, 0.4) is 0 Å². The lowest BCUT2D eigenvalue weighted by molar-refractivity contribution is 1.23. The molecule has 1 nitrogen and oxygen atoms in total. The molecule has 0 aliphatic carbocycles. The second-order valence-corrected chi connectivity index (χ2v) is 4.91. The monoisotopic (exact) mass is 229 g/mol. The molecule has 0 N–H and O–H groups in total. The predicted molar refractivity (Wildman–Crippen MR) is 59.7 cm³/mol. The molecule has 4 heteroatoms. The first-order chi connectivity index (χ1) is 6.31. The zero-order valence-electron chi connectivity index (χ0n) is 7.08. The van der Waals surface area contributed by atoms with Gasteiger partial charge in [-0.05, 0) is 18.4 Å². The van der Waals surface area contributed by atoms with Crippen molar-refractivity contribution >= 4 is 34.3 Å². The Morgan fingerprint density at radius 3 is 2.85 bits per heavy atom. The smallest absolute Gasteiger partial charge is 0.124 e. The fourth-order valence-corrected chi connectivity index (χ4v) is 2.99. The number of thiazole rings is 1. The number of nitrogens with zero attached hydrogens (tertiary/aromatic N) is 1. The molecule has 0 spiro atoms. The highest BCUT2D eigenvalue weighted by molar-refractivity contribution is 7.14. The lowest BCUT2D eigenvalue weighted by Crippen LogP contribution is -1.78. The maximum Gasteiger partial charge on any atom is 0.124 e. The molecule has 0 unspecified atom stereocenters. The van der Waals surface area contributed by atoms with E-state index in [0.29, 0.717) is 5.88 Å². The van der Waals surface area contributed by atoms with E-state index in [-0.39, 0.29) is 0 Å². The van der Waals surface area contributed by atoms with Crippen molar-refractivity contribution < 1.29 is 0 Å². The van der Waals surface area contributed by atoms with Gasteiger partial charge in [-0.2, -0.15) is 0 Å². The molecule has 0 bridgehead atoms. The Morgan fingerprint density at radius 2 is 2.31 bits per heavy atom. The summed E-state index contributed by atoms with van der Waals surface area (Å²) in [4.78, 5) is 5.74. The van der Waals surface area contributed by atoms with Gasteiger partial charge in [0, 0.05) is 15.8 Å². The van der Waals surface area contributed by atoms with Gasteiger partial charge in [-0.15, -0.1) is 34.3 Å². The Labute approximate surface area is 90.0 Å². The third-order valence-electron chi connectivity index (χ3n) is 1.78. The quantitative estimate of drug-likeness (QED) is 0.712. The van der Waals surface area contributed by atoms with Crippen LogP contribution < -0.4 is 0 Å². The largest absolute Gasteiger partial charge is 0.240 e. The molecular weight excluding hydrogens is 222 g/mol. The Bertz CT molecular complexity index is 405. The van der Waals surface area contributed by atoms with E-state index in [1.54, 1.807) is 22.7 Å². The number of alkyl halides is 1. The third-order valence-corrected chi connectivity index (χ3v) is 3.82. The Balaban J connectivity index is 2.41. The summed E-state index contributed by atoms with van der Waals surface area (Å²) in [6, 6.07) is 2.11. The molecule has 0 aromatic carbocycles. The molecule has 13 heavy (non-hydrogen) atoms. The van der Waals surface area contributed by atoms with Gasteiger partial charge in [-0.1, -0.05) is 0 Å². The Hall–Kier alpha value is -0.380. The fraction of sp³-hybridized carbons (Fsp3) is 0.222. The van der Waals surface area contributed by atoms with E-state index in [1.165, 1.54) is 10.4 Å². The van der Waals surface area contributed by atoms with E-state index >= 15 is 0 Å². The zero-order valence-corrected chi connectivity index (χ0v) is 9.47. The van der Waals surface area contributed by atoms with Gasteiger partial charge < -0.3 is 0 Å². The molecule has 0 amide bonds. The number of rotatable bonds is 2. The summed E-state index contributed by atoms with van der Waals surface area (Å²) < 4.78 is 0. The van der Waals surface area contributed by atoms with Gasteiger partial charge in [-0.3, -0.25) is 0 Å². The predicted octanol–water partition coefficient (Wildman–Crippen LogP) is 3.92. The first-order valence-electron chi connectivity index (χ1n) is 3.86. The molecule has 0 fully saturated rings. The lowest BCUT2D eigenvalue weighted by Gasteiger charge is -1.91. The minimum atomic E-state index is 0.500. The summed E-state index contributed by atoms with van der Waals surface area (Å²) in [5.74, 6) is 0.500. The van der Waals surface area contributed by atoms with Crippen LogP contribution in [0.5, 0.6) is 0 Å². The molecule has 0 aliphatic rings. The van der Waals surface area contributed by atoms with Crippen molar-refractivity contribution in [2.45, 2.75) is 12.8 Å². The van der Waals surface area contributed by atoms with Crippen LogP contribution in [0.1, 0.15) is 10.6 Å². The van der Waals surface area contributed by atoms with Gasteiger partial charge in [0.05, 0.1) is 11.6 Å². The van der Waals surface area contributed by atoms with Gasteiger partial charge in [-0.25, -0.2) is 4.98 Å². The third kappa shape index (κ3) is 1.77. The first kappa shape index (κ1) is 9.19. The van der Waals surface area contributed by atoms with Gasteiger partial charge in [0.1, 0.15) is 5.01 Å². The number of thiophene rings is 1. The number of aryl methyl sites for hydroxylation is 1. The van der Waals surface area contributed by atoms with E-state index in [1.807, 2.05) is 5.38 Å². The molecule has 0 saturated heterocycles. The Kier molecular flexibility index (Phi) is 2.67. The molecule has 68 valence electrons. The fourth-order valence-electron chi connectivity index (χ4n) is 1.10. The van der Waals surface area contributed by atoms with Crippen LogP contribution in [-0.2, 0) is 5.88 Å². The Morgan fingerprint density at radius 1 is 1.46 bits per heavy atom. The van der Waals surface area contributed by atoms with Gasteiger partial charge in [0.2, 0.25) is 0 Å². The number of hydrogen-bond acceptors (Lipinski definition) is 3. The van der Waals surface area contributed by atoms with Gasteiger partial charge in [0.15, 0.2) is 0 Å². The van der Waals surface area contributed by atoms with E-state index in [4.69, 9.17) is 11.6 Å². The van der Waals surface area contributed by atoms with Crippen molar-refractivity contribution in [2.24, 2.45) is 0 Å². The molecule has 0 aliphatic heterocycles. The number of hydrogen-bond donors (Lipinski definition) is 0. The highest BCUT2D eigenvalue weighted by Crippen LogP contribution is 2.30. The lowest BCUT2D eigenvalue weighted by atomic mass is 10.3. The standard InChI is InChI=1S/C9H8ClNS2/c1-6-8(2-3-12-6)9-11-7(4-10)5-13-9/h2-3,5H,4H2,1H3. The summed E-state index contributed by atoms with van der Waals surface area (Å²) in [5.41, 5.74) is 2.21. The minimum Gasteiger partial charge on any atom is -0.240 e. The van der Waals surface area contributed by atoms with Gasteiger partial charge >= 0.3 is 0 Å². The summed E-state index contributed by atoms with van der Waals surface area (Å²) in [6.07, 6.45) is 0. The number of halogens is 1. The van der Waals surface area contributed by atoms with Crippen LogP contribution in [0, 0.1) is 6.92 Å². The number of aromatic nitrogens is 1. The molecule has 2 aromatic rings. The van der Waals surface area contributed by atoms with Crippen molar-refractivity contribution in [3.63, 3.8) is 0 Å². The molecular formula is C9H8ClNS2. The van der Waals surface area contributed by atoms with Crippen molar-refractivity contribution in [1.29, 1.82) is 0 Å². The van der Waals surface area contributed by atoms with Crippen LogP contribution in [0.2, 0.25) is 0 Å². The zero-order chi connectivity index (χ0) is 9.26. The molecule has 0 saturated carbocycles. The average molecular weight is 230 g/mol. The SMILES string of the molecule is Cc1sccc1-c1nc(CCl)cs1. The maximum atomic E-state index is 5.69. The summed E-state index contributed by atoms with van der Waals surface area (Å²) in [7, 11) is 0. The highest BCUT2D eigenvalue weighted by atomic mass is 35.5. The first-order valence-corrected chi connectivity index (χ1v) is 6.15. The average Bonchev–Trinajstić information content (AvgIpc) is 2.71. The second kappa shape index (κ2) is 3.78. The molecule has 2 aromatic heterocycles. The molecule has 0 radical (unpaired) electrons. The van der Waals surface area contributed by atoms with Crippen LogP contribution in [0.4, 0.5) is 0 Å². The maximum absolute atomic E-state index is 5.69.